The first-order valence-electron chi connectivity index (χ1n) is 9.33. The normalized spacial score (nSPS) is 11.5. The van der Waals surface area contributed by atoms with Crippen molar-refractivity contribution in [2.24, 2.45) is 7.05 Å². The highest BCUT2D eigenvalue weighted by atomic mass is 35.5. The summed E-state index contributed by atoms with van der Waals surface area (Å²) in [5.74, 6) is -1.43. The lowest BCUT2D eigenvalue weighted by atomic mass is 10.2. The van der Waals surface area contributed by atoms with Crippen LogP contribution in [0, 0.1) is 12.7 Å². The molecule has 4 rings (SSSR count). The number of aryl methyl sites for hydroxylation is 2. The number of aromatic nitrogens is 3. The Morgan fingerprint density at radius 2 is 1.88 bits per heavy atom. The van der Waals surface area contributed by atoms with Crippen molar-refractivity contribution in [2.45, 2.75) is 11.8 Å². The molecule has 4 aromatic rings. The van der Waals surface area contributed by atoms with Gasteiger partial charge in [-0.2, -0.15) is 5.10 Å². The SMILES string of the molecule is Cc1nn(C)c2ncc(C(=O)Nc3cc(Cl)ccc3NS(=O)(=O)c3ccccc3F)cc12. The summed E-state index contributed by atoms with van der Waals surface area (Å²) in [6.07, 6.45) is 1.40. The van der Waals surface area contributed by atoms with Crippen molar-refractivity contribution in [1.29, 1.82) is 0 Å². The predicted molar refractivity (Wildman–Crippen MR) is 120 cm³/mol. The van der Waals surface area contributed by atoms with Gasteiger partial charge >= 0.3 is 0 Å². The molecular formula is C21H17ClFN5O3S. The lowest BCUT2D eigenvalue weighted by Gasteiger charge is -2.14. The number of hydrogen-bond acceptors (Lipinski definition) is 5. The van der Waals surface area contributed by atoms with Gasteiger partial charge in [0.15, 0.2) is 5.65 Å². The topological polar surface area (TPSA) is 106 Å². The summed E-state index contributed by atoms with van der Waals surface area (Å²) in [5, 5.41) is 7.89. The van der Waals surface area contributed by atoms with E-state index >= 15 is 0 Å². The van der Waals surface area contributed by atoms with Crippen LogP contribution in [-0.2, 0) is 17.1 Å². The second-order valence-electron chi connectivity index (χ2n) is 6.98. The Kier molecular flexibility index (Phi) is 5.57. The summed E-state index contributed by atoms with van der Waals surface area (Å²) in [7, 11) is -2.50. The van der Waals surface area contributed by atoms with Gasteiger partial charge in [0.1, 0.15) is 10.7 Å². The molecule has 0 aliphatic carbocycles. The zero-order chi connectivity index (χ0) is 23.0. The molecule has 0 saturated carbocycles. The highest BCUT2D eigenvalue weighted by Gasteiger charge is 2.21. The number of carbonyl (C=O) groups is 1. The number of hydrogen-bond donors (Lipinski definition) is 2. The minimum atomic E-state index is -4.25. The Labute approximate surface area is 188 Å². The Hall–Kier alpha value is -3.50. The van der Waals surface area contributed by atoms with Gasteiger partial charge in [-0.25, -0.2) is 17.8 Å². The lowest BCUT2D eigenvalue weighted by molar-refractivity contribution is 0.102. The summed E-state index contributed by atoms with van der Waals surface area (Å²) in [5.41, 5.74) is 1.71. The fraction of sp³-hybridized carbons (Fsp3) is 0.0952. The number of carbonyl (C=O) groups excluding carboxylic acids is 1. The van der Waals surface area contributed by atoms with Gasteiger partial charge in [-0.15, -0.1) is 0 Å². The molecule has 164 valence electrons. The number of rotatable bonds is 5. The smallest absolute Gasteiger partial charge is 0.264 e. The third-order valence-electron chi connectivity index (χ3n) is 4.73. The second kappa shape index (κ2) is 8.21. The van der Waals surface area contributed by atoms with Gasteiger partial charge in [-0.05, 0) is 43.3 Å². The van der Waals surface area contributed by atoms with Crippen LogP contribution in [0.3, 0.4) is 0 Å². The molecule has 0 saturated heterocycles. The van der Waals surface area contributed by atoms with Crippen LogP contribution in [0.5, 0.6) is 0 Å². The van der Waals surface area contributed by atoms with Crippen molar-refractivity contribution in [3.8, 4) is 0 Å². The van der Waals surface area contributed by atoms with E-state index in [0.717, 1.165) is 12.1 Å². The summed E-state index contributed by atoms with van der Waals surface area (Å²) in [4.78, 5) is 16.6. The fourth-order valence-electron chi connectivity index (χ4n) is 3.20. The zero-order valence-corrected chi connectivity index (χ0v) is 18.5. The summed E-state index contributed by atoms with van der Waals surface area (Å²) in [6, 6.07) is 10.8. The first-order valence-corrected chi connectivity index (χ1v) is 11.2. The van der Waals surface area contributed by atoms with E-state index in [1.54, 1.807) is 24.7 Å². The molecule has 32 heavy (non-hydrogen) atoms. The Morgan fingerprint density at radius 3 is 2.62 bits per heavy atom. The molecule has 0 unspecified atom stereocenters. The number of nitrogens with zero attached hydrogens (tertiary/aromatic N) is 3. The molecule has 2 heterocycles. The Bertz CT molecular complexity index is 1470. The summed E-state index contributed by atoms with van der Waals surface area (Å²) < 4.78 is 43.3. The Morgan fingerprint density at radius 1 is 1.12 bits per heavy atom. The van der Waals surface area contributed by atoms with Crippen LogP contribution in [0.2, 0.25) is 5.02 Å². The van der Waals surface area contributed by atoms with E-state index in [2.05, 4.69) is 20.1 Å². The third kappa shape index (κ3) is 4.14. The average molecular weight is 474 g/mol. The lowest BCUT2D eigenvalue weighted by Crippen LogP contribution is -2.18. The third-order valence-corrected chi connectivity index (χ3v) is 6.36. The standard InChI is InChI=1S/C21H17ClFN5O3S/c1-12-15-9-13(11-24-20(15)28(2)26-12)21(29)25-18-10-14(22)7-8-17(18)27-32(30,31)19-6-4-3-5-16(19)23/h3-11,27H,1-2H3,(H,25,29). The highest BCUT2D eigenvalue weighted by Crippen LogP contribution is 2.29. The predicted octanol–water partition coefficient (Wildman–Crippen LogP) is 4.12. The monoisotopic (exact) mass is 473 g/mol. The second-order valence-corrected chi connectivity index (χ2v) is 9.07. The maximum absolute atomic E-state index is 14.0. The van der Waals surface area contributed by atoms with Crippen LogP contribution >= 0.6 is 11.6 Å². The van der Waals surface area contributed by atoms with E-state index in [1.807, 2.05) is 0 Å². The number of halogens is 2. The van der Waals surface area contributed by atoms with Gasteiger partial charge in [-0.3, -0.25) is 14.2 Å². The van der Waals surface area contributed by atoms with E-state index in [9.17, 15) is 17.6 Å². The van der Waals surface area contributed by atoms with Crippen molar-refractivity contribution in [2.75, 3.05) is 10.0 Å². The molecule has 0 atom stereocenters. The van der Waals surface area contributed by atoms with E-state index in [1.165, 1.54) is 36.5 Å². The number of anilines is 2. The van der Waals surface area contributed by atoms with Gasteiger partial charge in [0.05, 0.1) is 22.6 Å². The fourth-order valence-corrected chi connectivity index (χ4v) is 4.53. The summed E-state index contributed by atoms with van der Waals surface area (Å²) in [6.45, 7) is 1.80. The average Bonchev–Trinajstić information content (AvgIpc) is 3.03. The molecule has 0 aliphatic rings. The number of fused-ring (bicyclic) bond motifs is 1. The minimum absolute atomic E-state index is 0.0256. The van der Waals surface area contributed by atoms with Crippen molar-refractivity contribution in [3.05, 3.63) is 76.8 Å². The molecule has 2 N–H and O–H groups in total. The number of nitrogens with one attached hydrogen (secondary N) is 2. The van der Waals surface area contributed by atoms with Gasteiger partial charge in [0, 0.05) is 23.7 Å². The van der Waals surface area contributed by atoms with E-state index < -0.39 is 26.6 Å². The molecule has 11 heteroatoms. The molecule has 0 bridgehead atoms. The van der Waals surface area contributed by atoms with Crippen molar-refractivity contribution < 1.29 is 17.6 Å². The Balaban J connectivity index is 1.66. The molecule has 0 aliphatic heterocycles. The van der Waals surface area contributed by atoms with Crippen molar-refractivity contribution in [3.63, 3.8) is 0 Å². The van der Waals surface area contributed by atoms with Crippen LogP contribution < -0.4 is 10.0 Å². The van der Waals surface area contributed by atoms with Crippen LogP contribution in [0.25, 0.3) is 11.0 Å². The summed E-state index contributed by atoms with van der Waals surface area (Å²) >= 11 is 6.05. The maximum atomic E-state index is 14.0. The number of pyridine rings is 1. The quantitative estimate of drug-likeness (QED) is 0.453. The first kappa shape index (κ1) is 21.7. The number of amides is 1. The molecule has 2 aromatic heterocycles. The van der Waals surface area contributed by atoms with Crippen LogP contribution in [0.4, 0.5) is 15.8 Å². The molecule has 0 radical (unpaired) electrons. The molecule has 2 aromatic carbocycles. The molecule has 8 nitrogen and oxygen atoms in total. The largest absolute Gasteiger partial charge is 0.320 e. The van der Waals surface area contributed by atoms with E-state index in [-0.39, 0.29) is 22.0 Å². The van der Waals surface area contributed by atoms with E-state index in [0.29, 0.717) is 16.7 Å². The van der Waals surface area contributed by atoms with Gasteiger partial charge < -0.3 is 5.32 Å². The van der Waals surface area contributed by atoms with Crippen molar-refractivity contribution >= 4 is 49.9 Å². The number of sulfonamides is 1. The highest BCUT2D eigenvalue weighted by molar-refractivity contribution is 7.92. The number of benzene rings is 2. The van der Waals surface area contributed by atoms with Crippen LogP contribution in [0.15, 0.2) is 59.6 Å². The molecule has 1 amide bonds. The molecule has 0 fully saturated rings. The molecule has 0 spiro atoms. The van der Waals surface area contributed by atoms with Gasteiger partial charge in [-0.1, -0.05) is 23.7 Å². The van der Waals surface area contributed by atoms with Gasteiger partial charge in [0.2, 0.25) is 0 Å². The van der Waals surface area contributed by atoms with Crippen molar-refractivity contribution in [1.82, 2.24) is 14.8 Å². The maximum Gasteiger partial charge on any atom is 0.264 e. The van der Waals surface area contributed by atoms with Crippen LogP contribution in [0.1, 0.15) is 16.1 Å². The van der Waals surface area contributed by atoms with Gasteiger partial charge in [0.25, 0.3) is 15.9 Å². The molecular weight excluding hydrogens is 457 g/mol. The first-order chi connectivity index (χ1) is 15.2. The minimum Gasteiger partial charge on any atom is -0.320 e. The zero-order valence-electron chi connectivity index (χ0n) is 16.9. The van der Waals surface area contributed by atoms with E-state index in [4.69, 9.17) is 11.6 Å². The van der Waals surface area contributed by atoms with Crippen LogP contribution in [-0.4, -0.2) is 29.1 Å².